The molecule has 0 amide bonds. The molecule has 1 aliphatic heterocycles. The Morgan fingerprint density at radius 3 is 2.60 bits per heavy atom. The van der Waals surface area contributed by atoms with Crippen LogP contribution in [-0.4, -0.2) is 70.1 Å². The van der Waals surface area contributed by atoms with Gasteiger partial charge in [-0.05, 0) is 32.6 Å². The summed E-state index contributed by atoms with van der Waals surface area (Å²) >= 11 is 0. The summed E-state index contributed by atoms with van der Waals surface area (Å²) in [6.45, 7) is 5.05. The van der Waals surface area contributed by atoms with Gasteiger partial charge >= 0.3 is 5.97 Å². The third-order valence-electron chi connectivity index (χ3n) is 4.56. The van der Waals surface area contributed by atoms with E-state index < -0.39 is 36.0 Å². The lowest BCUT2D eigenvalue weighted by Crippen LogP contribution is -2.61. The van der Waals surface area contributed by atoms with Crippen molar-refractivity contribution in [2.24, 2.45) is 5.92 Å². The number of aliphatic hydroxyl groups is 4. The summed E-state index contributed by atoms with van der Waals surface area (Å²) in [5, 5.41) is 40.6. The maximum atomic E-state index is 11.2. The van der Waals surface area contributed by atoms with Crippen LogP contribution in [0.2, 0.25) is 0 Å². The zero-order valence-corrected chi connectivity index (χ0v) is 15.3. The average Bonchev–Trinajstić information content (AvgIpc) is 2.55. The van der Waals surface area contributed by atoms with Crippen LogP contribution in [0.4, 0.5) is 0 Å². The molecule has 4 N–H and O–H groups in total. The number of carbonyl (C=O) groups excluding carboxylic acids is 1. The van der Waals surface area contributed by atoms with E-state index in [-0.39, 0.29) is 25.4 Å². The summed E-state index contributed by atoms with van der Waals surface area (Å²) in [6.07, 6.45) is 1.12. The van der Waals surface area contributed by atoms with Gasteiger partial charge in [0.25, 0.3) is 0 Å². The topological polar surface area (TPSA) is 116 Å². The zero-order chi connectivity index (χ0) is 19.2. The second kappa shape index (κ2) is 9.45. The third kappa shape index (κ3) is 6.20. The Morgan fingerprint density at radius 2 is 2.04 bits per heavy atom. The van der Waals surface area contributed by atoms with Gasteiger partial charge in [0, 0.05) is 6.08 Å². The molecular weight excluding hydrogens is 328 g/mol. The smallest absolute Gasteiger partial charge is 0.330 e. The quantitative estimate of drug-likeness (QED) is 0.294. The van der Waals surface area contributed by atoms with Gasteiger partial charge in [0.1, 0.15) is 17.8 Å². The average molecular weight is 358 g/mol. The van der Waals surface area contributed by atoms with Crippen molar-refractivity contribution in [1.82, 2.24) is 0 Å². The molecule has 7 heteroatoms. The van der Waals surface area contributed by atoms with Crippen molar-refractivity contribution in [3.8, 4) is 0 Å². The molecule has 0 aromatic rings. The molecule has 0 unspecified atom stereocenters. The van der Waals surface area contributed by atoms with Crippen molar-refractivity contribution < 1.29 is 34.7 Å². The van der Waals surface area contributed by atoms with Crippen molar-refractivity contribution in [2.75, 3.05) is 13.7 Å². The van der Waals surface area contributed by atoms with Crippen LogP contribution in [0, 0.1) is 5.92 Å². The first-order chi connectivity index (χ1) is 11.6. The largest absolute Gasteiger partial charge is 0.466 e. The van der Waals surface area contributed by atoms with Crippen LogP contribution >= 0.6 is 0 Å². The Kier molecular flexibility index (Phi) is 8.24. The van der Waals surface area contributed by atoms with E-state index in [1.165, 1.54) is 13.2 Å². The van der Waals surface area contributed by atoms with Crippen LogP contribution in [-0.2, 0) is 14.3 Å². The van der Waals surface area contributed by atoms with Gasteiger partial charge < -0.3 is 29.9 Å². The van der Waals surface area contributed by atoms with E-state index >= 15 is 0 Å². The number of hydrogen-bond acceptors (Lipinski definition) is 7. The van der Waals surface area contributed by atoms with Crippen LogP contribution in [0.3, 0.4) is 0 Å². The SMILES string of the molecule is COC(=O)/C=C(\C)C[C@@H]1OC[C@](O)(C/C=C/[C@@H](C)[C@H](C)O)[C@@H](O)[C@H]1O. The number of carbonyl (C=O) groups is 1. The van der Waals surface area contributed by atoms with Gasteiger partial charge in [0.2, 0.25) is 0 Å². The molecule has 0 aromatic carbocycles. The van der Waals surface area contributed by atoms with Crippen molar-refractivity contribution >= 4 is 5.97 Å². The Morgan fingerprint density at radius 1 is 1.40 bits per heavy atom. The van der Waals surface area contributed by atoms with E-state index in [4.69, 9.17) is 4.74 Å². The highest BCUT2D eigenvalue weighted by Crippen LogP contribution is 2.30. The molecule has 7 nitrogen and oxygen atoms in total. The second-order valence-electron chi connectivity index (χ2n) is 6.84. The molecule has 144 valence electrons. The number of methoxy groups -OCH3 is 1. The minimum absolute atomic E-state index is 0.0889. The van der Waals surface area contributed by atoms with Crippen LogP contribution in [0.25, 0.3) is 0 Å². The molecule has 1 heterocycles. The predicted octanol–water partition coefficient (Wildman–Crippen LogP) is 0.311. The number of aliphatic hydroxyl groups excluding tert-OH is 3. The van der Waals surface area contributed by atoms with E-state index in [1.54, 1.807) is 26.0 Å². The van der Waals surface area contributed by atoms with Crippen molar-refractivity contribution in [3.63, 3.8) is 0 Å². The molecule has 6 atom stereocenters. The molecule has 0 bridgehead atoms. The lowest BCUT2D eigenvalue weighted by atomic mass is 9.83. The third-order valence-corrected chi connectivity index (χ3v) is 4.56. The Bertz CT molecular complexity index is 500. The Labute approximate surface area is 148 Å². The Balaban J connectivity index is 2.68. The molecule has 1 aliphatic rings. The molecule has 1 fully saturated rings. The van der Waals surface area contributed by atoms with Crippen LogP contribution < -0.4 is 0 Å². The fourth-order valence-electron chi connectivity index (χ4n) is 2.60. The maximum absolute atomic E-state index is 11.2. The monoisotopic (exact) mass is 358 g/mol. The Hall–Kier alpha value is -1.25. The van der Waals surface area contributed by atoms with Gasteiger partial charge in [-0.25, -0.2) is 4.79 Å². The van der Waals surface area contributed by atoms with Gasteiger partial charge in [-0.2, -0.15) is 0 Å². The molecule has 25 heavy (non-hydrogen) atoms. The van der Waals surface area contributed by atoms with E-state index in [2.05, 4.69) is 4.74 Å². The van der Waals surface area contributed by atoms with E-state index in [9.17, 15) is 25.2 Å². The first-order valence-corrected chi connectivity index (χ1v) is 8.40. The number of esters is 1. The lowest BCUT2D eigenvalue weighted by Gasteiger charge is -2.43. The first kappa shape index (κ1) is 21.8. The minimum Gasteiger partial charge on any atom is -0.466 e. The number of hydrogen-bond donors (Lipinski definition) is 4. The predicted molar refractivity (Wildman–Crippen MR) is 91.7 cm³/mol. The summed E-state index contributed by atoms with van der Waals surface area (Å²) in [4.78, 5) is 11.2. The molecule has 0 saturated carbocycles. The fourth-order valence-corrected chi connectivity index (χ4v) is 2.60. The van der Waals surface area contributed by atoms with E-state index in [0.29, 0.717) is 5.57 Å². The molecular formula is C18H30O7. The summed E-state index contributed by atoms with van der Waals surface area (Å²) in [6, 6.07) is 0. The number of ether oxygens (including phenoxy) is 2. The summed E-state index contributed by atoms with van der Waals surface area (Å²) in [7, 11) is 1.27. The van der Waals surface area contributed by atoms with Gasteiger partial charge in [-0.3, -0.25) is 0 Å². The normalized spacial score (nSPS) is 33.3. The molecule has 0 spiro atoms. The number of rotatable bonds is 7. The highest BCUT2D eigenvalue weighted by atomic mass is 16.5. The summed E-state index contributed by atoms with van der Waals surface area (Å²) in [5.74, 6) is -0.591. The minimum atomic E-state index is -1.61. The standard InChI is InChI=1S/C18H30O7/c1-11(9-15(20)24-4)8-14-16(21)17(22)18(23,10-25-14)7-5-6-12(2)13(3)19/h5-6,9,12-14,16-17,19,21-23H,7-8,10H2,1-4H3/b6-5+,11-9+/t12-,13+,14+,16+,17+,18-/m1/s1. The van der Waals surface area contributed by atoms with Gasteiger partial charge in [0.15, 0.2) is 0 Å². The van der Waals surface area contributed by atoms with Crippen molar-refractivity contribution in [3.05, 3.63) is 23.8 Å². The molecule has 0 aliphatic carbocycles. The van der Waals surface area contributed by atoms with E-state index in [0.717, 1.165) is 0 Å². The van der Waals surface area contributed by atoms with Crippen LogP contribution in [0.1, 0.15) is 33.6 Å². The molecule has 1 saturated heterocycles. The van der Waals surface area contributed by atoms with Gasteiger partial charge in [-0.15, -0.1) is 0 Å². The highest BCUT2D eigenvalue weighted by molar-refractivity contribution is 5.82. The zero-order valence-electron chi connectivity index (χ0n) is 15.3. The maximum Gasteiger partial charge on any atom is 0.330 e. The van der Waals surface area contributed by atoms with E-state index in [1.807, 2.05) is 6.92 Å². The summed E-state index contributed by atoms with van der Waals surface area (Å²) < 4.78 is 10.1. The fraction of sp³-hybridized carbons (Fsp3) is 0.722. The molecule has 0 radical (unpaired) electrons. The van der Waals surface area contributed by atoms with Crippen molar-refractivity contribution in [2.45, 2.75) is 63.6 Å². The first-order valence-electron chi connectivity index (χ1n) is 8.40. The highest BCUT2D eigenvalue weighted by Gasteiger charge is 2.47. The van der Waals surface area contributed by atoms with Gasteiger partial charge in [-0.1, -0.05) is 24.6 Å². The lowest BCUT2D eigenvalue weighted by molar-refractivity contribution is -0.232. The van der Waals surface area contributed by atoms with Crippen LogP contribution in [0.15, 0.2) is 23.8 Å². The molecule has 0 aromatic heterocycles. The molecule has 1 rings (SSSR count). The second-order valence-corrected chi connectivity index (χ2v) is 6.84. The van der Waals surface area contributed by atoms with Crippen LogP contribution in [0.5, 0.6) is 0 Å². The summed E-state index contributed by atoms with van der Waals surface area (Å²) in [5.41, 5.74) is -0.968. The van der Waals surface area contributed by atoms with Gasteiger partial charge in [0.05, 0.1) is 25.9 Å². The van der Waals surface area contributed by atoms with Crippen molar-refractivity contribution in [1.29, 1.82) is 0 Å².